The van der Waals surface area contributed by atoms with Crippen LogP contribution in [0.1, 0.15) is 11.1 Å². The van der Waals surface area contributed by atoms with Crippen molar-refractivity contribution in [2.24, 2.45) is 0 Å². The molecule has 0 aromatic heterocycles. The second kappa shape index (κ2) is 10.5. The molecule has 2 amide bonds. The van der Waals surface area contributed by atoms with E-state index in [1.807, 2.05) is 31.2 Å². The molecule has 0 bridgehead atoms. The fourth-order valence-corrected chi connectivity index (χ4v) is 4.55. The number of hydrogen-bond acceptors (Lipinski definition) is 5. The molecule has 1 aliphatic rings. The Labute approximate surface area is 214 Å². The Kier molecular flexibility index (Phi) is 7.41. The molecule has 0 aliphatic carbocycles. The first-order valence-electron chi connectivity index (χ1n) is 10.2. The number of hydrogen-bond donors (Lipinski definition) is 2. The van der Waals surface area contributed by atoms with Gasteiger partial charge in [-0.3, -0.25) is 19.9 Å². The lowest BCUT2D eigenvalue weighted by Gasteiger charge is -2.14. The van der Waals surface area contributed by atoms with Gasteiger partial charge in [0.15, 0.2) is 11.8 Å². The van der Waals surface area contributed by atoms with E-state index in [1.165, 1.54) is 4.90 Å². The lowest BCUT2D eigenvalue weighted by molar-refractivity contribution is -0.118. The summed E-state index contributed by atoms with van der Waals surface area (Å²) in [6.45, 7) is 1.78. The topological polar surface area (TPSA) is 82.5 Å². The minimum Gasteiger partial charge on any atom is -0.483 e. The van der Waals surface area contributed by atoms with E-state index in [2.05, 4.69) is 21.2 Å². The number of anilines is 2. The number of amides is 2. The first kappa shape index (κ1) is 24.1. The summed E-state index contributed by atoms with van der Waals surface area (Å²) in [4.78, 5) is 27.1. The van der Waals surface area contributed by atoms with Crippen molar-refractivity contribution in [2.45, 2.75) is 6.92 Å². The van der Waals surface area contributed by atoms with Crippen molar-refractivity contribution in [1.82, 2.24) is 0 Å². The highest BCUT2D eigenvalue weighted by Gasteiger charge is 2.33. The zero-order valence-electron chi connectivity index (χ0n) is 18.0. The molecule has 6 nitrogen and oxygen atoms in total. The van der Waals surface area contributed by atoms with Gasteiger partial charge in [-0.15, -0.1) is 0 Å². The summed E-state index contributed by atoms with van der Waals surface area (Å²) in [7, 11) is 0. The van der Waals surface area contributed by atoms with Gasteiger partial charge < -0.3 is 10.1 Å². The van der Waals surface area contributed by atoms with Crippen molar-refractivity contribution in [3.63, 3.8) is 0 Å². The van der Waals surface area contributed by atoms with Crippen molar-refractivity contribution in [2.75, 3.05) is 16.8 Å². The Bertz CT molecular complexity index is 1290. The van der Waals surface area contributed by atoms with Gasteiger partial charge in [-0.2, -0.15) is 0 Å². The third-order valence-corrected chi connectivity index (χ3v) is 6.49. The zero-order valence-corrected chi connectivity index (χ0v) is 21.1. The molecule has 3 aromatic rings. The minimum atomic E-state index is -0.319. The minimum absolute atomic E-state index is 0.0912. The average molecular weight is 557 g/mol. The Morgan fingerprint density at radius 2 is 1.85 bits per heavy atom. The van der Waals surface area contributed by atoms with Gasteiger partial charge in [0.2, 0.25) is 0 Å². The first-order valence-corrected chi connectivity index (χ1v) is 12.2. The number of carbonyl (C=O) groups is 2. The molecule has 4 rings (SSSR count). The highest BCUT2D eigenvalue weighted by atomic mass is 79.9. The molecule has 1 saturated heterocycles. The van der Waals surface area contributed by atoms with Gasteiger partial charge in [-0.1, -0.05) is 45.2 Å². The van der Waals surface area contributed by atoms with E-state index in [-0.39, 0.29) is 23.6 Å². The highest BCUT2D eigenvalue weighted by Crippen LogP contribution is 2.37. The predicted octanol–water partition coefficient (Wildman–Crippen LogP) is 6.48. The standard InChI is InChI=1S/C25H19BrClN3O3S/c1-15-2-7-19(8-3-15)29-23(31)14-33-21-11-4-17(26)12-16(21)13-22-24(32)30(25(28)34-22)20-9-5-18(27)6-10-20/h2-13,28H,14H2,1H3,(H,29,31)/b22-13-,28-25?. The molecule has 0 spiro atoms. The Morgan fingerprint density at radius 3 is 2.56 bits per heavy atom. The number of nitrogens with one attached hydrogen (secondary N) is 2. The molecule has 0 atom stereocenters. The molecule has 9 heteroatoms. The van der Waals surface area contributed by atoms with Crippen LogP contribution in [0.15, 0.2) is 76.1 Å². The Balaban J connectivity index is 1.51. The smallest absolute Gasteiger partial charge is 0.271 e. The van der Waals surface area contributed by atoms with Gasteiger partial charge in [0.1, 0.15) is 5.75 Å². The van der Waals surface area contributed by atoms with Crippen LogP contribution in [0.5, 0.6) is 5.75 Å². The van der Waals surface area contributed by atoms with Gasteiger partial charge in [0, 0.05) is 20.7 Å². The molecule has 1 aliphatic heterocycles. The number of aryl methyl sites for hydroxylation is 1. The number of ether oxygens (including phenoxy) is 1. The van der Waals surface area contributed by atoms with E-state index in [4.69, 9.17) is 21.7 Å². The normalized spacial score (nSPS) is 14.6. The van der Waals surface area contributed by atoms with E-state index < -0.39 is 0 Å². The quantitative estimate of drug-likeness (QED) is 0.340. The van der Waals surface area contributed by atoms with E-state index in [1.54, 1.807) is 48.5 Å². The largest absolute Gasteiger partial charge is 0.483 e. The fraction of sp³-hybridized carbons (Fsp3) is 0.0800. The third kappa shape index (κ3) is 5.70. The molecule has 172 valence electrons. The summed E-state index contributed by atoms with van der Waals surface area (Å²) in [6, 6.07) is 19.5. The highest BCUT2D eigenvalue weighted by molar-refractivity contribution is 9.10. The lowest BCUT2D eigenvalue weighted by atomic mass is 10.2. The summed E-state index contributed by atoms with van der Waals surface area (Å²) in [5.74, 6) is -0.174. The lowest BCUT2D eigenvalue weighted by Crippen LogP contribution is -2.27. The number of benzene rings is 3. The Morgan fingerprint density at radius 1 is 1.15 bits per heavy atom. The number of carbonyl (C=O) groups excluding carboxylic acids is 2. The summed E-state index contributed by atoms with van der Waals surface area (Å²) < 4.78 is 6.55. The van der Waals surface area contributed by atoms with Crippen LogP contribution in [0.4, 0.5) is 11.4 Å². The van der Waals surface area contributed by atoms with Gasteiger partial charge in [0.05, 0.1) is 10.6 Å². The molecular weight excluding hydrogens is 538 g/mol. The van der Waals surface area contributed by atoms with Crippen LogP contribution in [-0.4, -0.2) is 23.6 Å². The maximum atomic E-state index is 13.0. The molecule has 3 aromatic carbocycles. The average Bonchev–Trinajstić information content (AvgIpc) is 3.08. The molecule has 2 N–H and O–H groups in total. The SMILES string of the molecule is Cc1ccc(NC(=O)COc2ccc(Br)cc2/C=C2\SC(=N)N(c3ccc(Cl)cc3)C2=O)cc1. The number of amidine groups is 1. The van der Waals surface area contributed by atoms with E-state index in [0.717, 1.165) is 21.8 Å². The van der Waals surface area contributed by atoms with Crippen LogP contribution < -0.4 is 15.0 Å². The third-order valence-electron chi connectivity index (χ3n) is 4.86. The Hall–Kier alpha value is -3.07. The van der Waals surface area contributed by atoms with Crippen LogP contribution in [0.2, 0.25) is 5.02 Å². The molecular formula is C25H19BrClN3O3S. The monoisotopic (exact) mass is 555 g/mol. The number of halogens is 2. The number of thioether (sulfide) groups is 1. The second-order valence-electron chi connectivity index (χ2n) is 7.42. The summed E-state index contributed by atoms with van der Waals surface area (Å²) in [6.07, 6.45) is 1.66. The van der Waals surface area contributed by atoms with Crippen LogP contribution in [0.3, 0.4) is 0 Å². The van der Waals surface area contributed by atoms with Gasteiger partial charge in [-0.05, 0) is 79.4 Å². The second-order valence-corrected chi connectivity index (χ2v) is 9.80. The molecule has 0 radical (unpaired) electrons. The van der Waals surface area contributed by atoms with Crippen LogP contribution in [0.25, 0.3) is 6.08 Å². The van der Waals surface area contributed by atoms with E-state index in [0.29, 0.717) is 32.6 Å². The molecule has 1 fully saturated rings. The summed E-state index contributed by atoms with van der Waals surface area (Å²) >= 11 is 10.4. The van der Waals surface area contributed by atoms with Gasteiger partial charge >= 0.3 is 0 Å². The zero-order chi connectivity index (χ0) is 24.2. The molecule has 0 unspecified atom stereocenters. The van der Waals surface area contributed by atoms with Crippen molar-refractivity contribution in [3.8, 4) is 5.75 Å². The number of nitrogens with zero attached hydrogens (tertiary/aromatic N) is 1. The van der Waals surface area contributed by atoms with Crippen molar-refractivity contribution < 1.29 is 14.3 Å². The number of rotatable bonds is 6. The summed E-state index contributed by atoms with van der Waals surface area (Å²) in [5.41, 5.74) is 2.96. The van der Waals surface area contributed by atoms with Crippen LogP contribution in [-0.2, 0) is 9.59 Å². The van der Waals surface area contributed by atoms with E-state index >= 15 is 0 Å². The fourth-order valence-electron chi connectivity index (χ4n) is 3.19. The van der Waals surface area contributed by atoms with Crippen molar-refractivity contribution >= 4 is 73.7 Å². The maximum Gasteiger partial charge on any atom is 0.271 e. The molecule has 0 saturated carbocycles. The van der Waals surface area contributed by atoms with Gasteiger partial charge in [0.25, 0.3) is 11.8 Å². The first-order chi connectivity index (χ1) is 16.3. The maximum absolute atomic E-state index is 13.0. The summed E-state index contributed by atoms with van der Waals surface area (Å²) in [5, 5.41) is 11.7. The van der Waals surface area contributed by atoms with Crippen LogP contribution >= 0.6 is 39.3 Å². The molecule has 1 heterocycles. The van der Waals surface area contributed by atoms with E-state index in [9.17, 15) is 9.59 Å². The van der Waals surface area contributed by atoms with Crippen molar-refractivity contribution in [1.29, 1.82) is 5.41 Å². The molecule has 34 heavy (non-hydrogen) atoms. The van der Waals surface area contributed by atoms with Crippen LogP contribution in [0, 0.1) is 12.3 Å². The predicted molar refractivity (Wildman–Crippen MR) is 142 cm³/mol. The van der Waals surface area contributed by atoms with Gasteiger partial charge in [-0.25, -0.2) is 0 Å². The van der Waals surface area contributed by atoms with Crippen molar-refractivity contribution in [3.05, 3.63) is 92.3 Å².